The molecule has 0 aromatic heterocycles. The van der Waals surface area contributed by atoms with Gasteiger partial charge in [0.15, 0.2) is 0 Å². The zero-order valence-electron chi connectivity index (χ0n) is 15.8. The van der Waals surface area contributed by atoms with Crippen molar-refractivity contribution in [3.63, 3.8) is 0 Å². The molecule has 3 atom stereocenters. The maximum Gasteiger partial charge on any atom is 0.475 e. The minimum Gasteiger partial charge on any atom is -0.390 e. The standard InChI is InChI=1S/C20H27O7P/c1-2-18(21)20(23)19(22)15-27-28(24,25-13-16-9-5-3-6-10-16)26-14-17-11-7-4-8-12-17/h3-12,18-23H,2,13-15H2,1H3/t18-,19-,20+/m1/s1. The lowest BCUT2D eigenvalue weighted by molar-refractivity contribution is -0.0778. The Morgan fingerprint density at radius 1 is 0.786 bits per heavy atom. The Morgan fingerprint density at radius 3 is 1.68 bits per heavy atom. The van der Waals surface area contributed by atoms with E-state index in [1.54, 1.807) is 31.2 Å². The highest BCUT2D eigenvalue weighted by atomic mass is 31.2. The quantitative estimate of drug-likeness (QED) is 0.462. The first kappa shape index (κ1) is 22.7. The Bertz CT molecular complexity index is 678. The molecule has 0 saturated heterocycles. The Morgan fingerprint density at radius 2 is 1.25 bits per heavy atom. The van der Waals surface area contributed by atoms with Crippen LogP contribution in [0.3, 0.4) is 0 Å². The second-order valence-corrected chi connectivity index (χ2v) is 7.96. The summed E-state index contributed by atoms with van der Waals surface area (Å²) in [6.07, 6.45) is -3.73. The number of phosphoric ester groups is 1. The highest BCUT2D eigenvalue weighted by Crippen LogP contribution is 2.51. The largest absolute Gasteiger partial charge is 0.475 e. The summed E-state index contributed by atoms with van der Waals surface area (Å²) in [6, 6.07) is 18.2. The van der Waals surface area contributed by atoms with E-state index in [9.17, 15) is 19.9 Å². The van der Waals surface area contributed by atoms with Crippen molar-refractivity contribution < 1.29 is 33.5 Å². The third kappa shape index (κ3) is 7.45. The molecule has 2 aromatic rings. The van der Waals surface area contributed by atoms with Crippen molar-refractivity contribution >= 4 is 7.82 Å². The van der Waals surface area contributed by atoms with Gasteiger partial charge >= 0.3 is 7.82 Å². The molecule has 0 saturated carbocycles. The van der Waals surface area contributed by atoms with Crippen LogP contribution >= 0.6 is 7.82 Å². The molecule has 154 valence electrons. The van der Waals surface area contributed by atoms with Gasteiger partial charge < -0.3 is 15.3 Å². The van der Waals surface area contributed by atoms with Crippen molar-refractivity contribution in [3.05, 3.63) is 71.8 Å². The predicted octanol–water partition coefficient (Wildman–Crippen LogP) is 3.04. The van der Waals surface area contributed by atoms with Gasteiger partial charge in [0.25, 0.3) is 0 Å². The molecule has 0 heterocycles. The molecule has 0 amide bonds. The highest BCUT2D eigenvalue weighted by Gasteiger charge is 2.31. The topological polar surface area (TPSA) is 105 Å². The summed E-state index contributed by atoms with van der Waals surface area (Å²) in [5, 5.41) is 29.5. The Hall–Kier alpha value is -1.57. The minimum absolute atomic E-state index is 0.0108. The predicted molar refractivity (Wildman–Crippen MR) is 104 cm³/mol. The number of hydrogen-bond donors (Lipinski definition) is 3. The molecule has 0 radical (unpaired) electrons. The molecule has 0 unspecified atom stereocenters. The van der Waals surface area contributed by atoms with Crippen molar-refractivity contribution in [2.24, 2.45) is 0 Å². The average Bonchev–Trinajstić information content (AvgIpc) is 2.75. The van der Waals surface area contributed by atoms with Crippen LogP contribution in [-0.4, -0.2) is 40.2 Å². The van der Waals surface area contributed by atoms with Crippen molar-refractivity contribution in [1.82, 2.24) is 0 Å². The second kappa shape index (κ2) is 11.4. The zero-order valence-corrected chi connectivity index (χ0v) is 16.7. The first-order valence-corrected chi connectivity index (χ1v) is 10.6. The summed E-state index contributed by atoms with van der Waals surface area (Å²) in [5.74, 6) is 0. The van der Waals surface area contributed by atoms with Crippen LogP contribution in [0, 0.1) is 0 Å². The summed E-state index contributed by atoms with van der Waals surface area (Å²) >= 11 is 0. The van der Waals surface area contributed by atoms with E-state index in [1.165, 1.54) is 0 Å². The number of rotatable bonds is 12. The molecule has 0 fully saturated rings. The van der Waals surface area contributed by atoms with Crippen molar-refractivity contribution in [1.29, 1.82) is 0 Å². The third-order valence-corrected chi connectivity index (χ3v) is 5.43. The fourth-order valence-corrected chi connectivity index (χ4v) is 3.50. The normalized spacial score (nSPS) is 15.1. The van der Waals surface area contributed by atoms with Crippen LogP contribution in [0.4, 0.5) is 0 Å². The summed E-state index contributed by atoms with van der Waals surface area (Å²) < 4.78 is 29.1. The minimum atomic E-state index is -4.04. The number of aliphatic hydroxyl groups excluding tert-OH is 3. The van der Waals surface area contributed by atoms with Crippen molar-refractivity contribution in [2.75, 3.05) is 6.61 Å². The lowest BCUT2D eigenvalue weighted by Gasteiger charge is -2.24. The summed E-state index contributed by atoms with van der Waals surface area (Å²) in [5.41, 5.74) is 1.55. The zero-order chi connectivity index (χ0) is 20.4. The molecular formula is C20H27O7P. The van der Waals surface area contributed by atoms with Crippen LogP contribution in [0.1, 0.15) is 24.5 Å². The molecule has 0 aliphatic rings. The van der Waals surface area contributed by atoms with Crippen LogP contribution in [0.2, 0.25) is 0 Å². The Labute approximate surface area is 165 Å². The van der Waals surface area contributed by atoms with Gasteiger partial charge in [0, 0.05) is 0 Å². The number of benzene rings is 2. The van der Waals surface area contributed by atoms with E-state index in [0.717, 1.165) is 11.1 Å². The second-order valence-electron chi connectivity index (χ2n) is 6.29. The fourth-order valence-electron chi connectivity index (χ4n) is 2.33. The molecule has 7 nitrogen and oxygen atoms in total. The SMILES string of the molecule is CC[C@@H](O)[C@H](O)[C@H](O)COP(=O)(OCc1ccccc1)OCc1ccccc1. The highest BCUT2D eigenvalue weighted by molar-refractivity contribution is 7.48. The monoisotopic (exact) mass is 410 g/mol. The Kier molecular flexibility index (Phi) is 9.28. The van der Waals surface area contributed by atoms with Crippen molar-refractivity contribution in [2.45, 2.75) is 44.9 Å². The lowest BCUT2D eigenvalue weighted by Crippen LogP contribution is -2.39. The van der Waals surface area contributed by atoms with Gasteiger partial charge in [-0.2, -0.15) is 0 Å². The first-order chi connectivity index (χ1) is 13.4. The van der Waals surface area contributed by atoms with E-state index in [2.05, 4.69) is 0 Å². The molecule has 3 N–H and O–H groups in total. The van der Waals surface area contributed by atoms with Gasteiger partial charge in [-0.25, -0.2) is 4.57 Å². The van der Waals surface area contributed by atoms with Gasteiger partial charge in [-0.3, -0.25) is 13.6 Å². The molecule has 8 heteroatoms. The van der Waals surface area contributed by atoms with Crippen LogP contribution in [0.15, 0.2) is 60.7 Å². The molecule has 0 aliphatic carbocycles. The maximum atomic E-state index is 13.0. The van der Waals surface area contributed by atoms with Gasteiger partial charge in [-0.15, -0.1) is 0 Å². The van der Waals surface area contributed by atoms with Crippen LogP contribution in [-0.2, 0) is 31.4 Å². The fraction of sp³-hybridized carbons (Fsp3) is 0.400. The van der Waals surface area contributed by atoms with Crippen molar-refractivity contribution in [3.8, 4) is 0 Å². The number of hydrogen-bond acceptors (Lipinski definition) is 7. The van der Waals surface area contributed by atoms with Crippen LogP contribution in [0.25, 0.3) is 0 Å². The van der Waals surface area contributed by atoms with E-state index in [-0.39, 0.29) is 19.6 Å². The molecule has 0 bridgehead atoms. The molecule has 2 rings (SSSR count). The van der Waals surface area contributed by atoms with E-state index in [0.29, 0.717) is 0 Å². The smallest absolute Gasteiger partial charge is 0.390 e. The van der Waals surface area contributed by atoms with E-state index in [1.807, 2.05) is 36.4 Å². The molecule has 28 heavy (non-hydrogen) atoms. The van der Waals surface area contributed by atoms with E-state index in [4.69, 9.17) is 13.6 Å². The van der Waals surface area contributed by atoms with Gasteiger partial charge in [0.1, 0.15) is 12.2 Å². The lowest BCUT2D eigenvalue weighted by atomic mass is 10.1. The number of aliphatic hydroxyl groups is 3. The summed E-state index contributed by atoms with van der Waals surface area (Å²) in [6.45, 7) is 1.13. The molecular weight excluding hydrogens is 383 g/mol. The first-order valence-electron chi connectivity index (χ1n) is 9.09. The molecule has 0 aliphatic heterocycles. The maximum absolute atomic E-state index is 13.0. The van der Waals surface area contributed by atoms with Gasteiger partial charge in [0.2, 0.25) is 0 Å². The summed E-state index contributed by atoms with van der Waals surface area (Å²) in [7, 11) is -4.04. The molecule has 0 spiro atoms. The van der Waals surface area contributed by atoms with Gasteiger partial charge in [-0.1, -0.05) is 67.6 Å². The van der Waals surface area contributed by atoms with E-state index < -0.39 is 32.7 Å². The van der Waals surface area contributed by atoms with Gasteiger partial charge in [0.05, 0.1) is 25.9 Å². The average molecular weight is 410 g/mol. The Balaban J connectivity index is 2.00. The van der Waals surface area contributed by atoms with E-state index >= 15 is 0 Å². The summed E-state index contributed by atoms with van der Waals surface area (Å²) in [4.78, 5) is 0. The third-order valence-electron chi connectivity index (χ3n) is 4.07. The molecule has 2 aromatic carbocycles. The van der Waals surface area contributed by atoms with Crippen LogP contribution < -0.4 is 0 Å². The van der Waals surface area contributed by atoms with Crippen LogP contribution in [0.5, 0.6) is 0 Å². The van der Waals surface area contributed by atoms with Gasteiger partial charge in [-0.05, 0) is 17.5 Å². The number of phosphoric acid groups is 1.